The van der Waals surface area contributed by atoms with Crippen LogP contribution in [-0.4, -0.2) is 49.6 Å². The molecule has 1 saturated heterocycles. The zero-order valence-electron chi connectivity index (χ0n) is 14.3. The average Bonchev–Trinajstić information content (AvgIpc) is 2.58. The van der Waals surface area contributed by atoms with E-state index in [9.17, 15) is 9.90 Å². The minimum Gasteiger partial charge on any atom is -0.504 e. The maximum atomic E-state index is 12.4. The molecule has 3 atom stereocenters. The summed E-state index contributed by atoms with van der Waals surface area (Å²) in [4.78, 5) is 14.8. The van der Waals surface area contributed by atoms with Crippen molar-refractivity contribution in [3.05, 3.63) is 35.1 Å². The molecule has 1 fully saturated rings. The third kappa shape index (κ3) is 1.88. The highest BCUT2D eigenvalue weighted by molar-refractivity contribution is 5.95. The van der Waals surface area contributed by atoms with Crippen molar-refractivity contribution in [2.24, 2.45) is 5.92 Å². The summed E-state index contributed by atoms with van der Waals surface area (Å²) in [5, 5.41) is 10.9. The number of Topliss-reactive ketones (excluding diaryl/α,β-unsaturated/α-hetero) is 1. The molecule has 0 spiro atoms. The standard InChI is InChI=1S/C19H23NO4/c1-20-7-6-19-10-16(24-3)14(21)9-12(19)13(20)8-11-4-5-15(23-2)18(22)17(11)19/h4-5,10,12-13,22H,6-9H2,1-3H3/t12-,13+,19+/m0/s1. The van der Waals surface area contributed by atoms with Crippen molar-refractivity contribution in [2.45, 2.75) is 30.7 Å². The third-order valence-electron chi connectivity index (χ3n) is 6.20. The first-order valence-corrected chi connectivity index (χ1v) is 8.41. The Morgan fingerprint density at radius 2 is 2.04 bits per heavy atom. The molecule has 1 aromatic rings. The third-order valence-corrected chi connectivity index (χ3v) is 6.20. The maximum Gasteiger partial charge on any atom is 0.197 e. The molecule has 3 aliphatic rings. The van der Waals surface area contributed by atoms with Gasteiger partial charge in [-0.15, -0.1) is 0 Å². The molecule has 0 radical (unpaired) electrons. The highest BCUT2D eigenvalue weighted by Gasteiger charge is 2.56. The van der Waals surface area contributed by atoms with Crippen LogP contribution in [0.25, 0.3) is 0 Å². The van der Waals surface area contributed by atoms with Crippen LogP contribution in [0.15, 0.2) is 24.0 Å². The summed E-state index contributed by atoms with van der Waals surface area (Å²) in [6, 6.07) is 4.18. The number of carbonyl (C=O) groups is 1. The number of rotatable bonds is 2. The second kappa shape index (κ2) is 5.24. The fourth-order valence-electron chi connectivity index (χ4n) is 5.02. The number of fused-ring (bicyclic) bond motifs is 1. The second-order valence-corrected chi connectivity index (χ2v) is 7.14. The number of phenolic OH excluding ortho intramolecular Hbond substituents is 1. The number of allylic oxidation sites excluding steroid dienone is 2. The van der Waals surface area contributed by atoms with Gasteiger partial charge >= 0.3 is 0 Å². The van der Waals surface area contributed by atoms with Gasteiger partial charge in [0.1, 0.15) is 0 Å². The lowest BCUT2D eigenvalue weighted by Gasteiger charge is -2.56. The molecule has 4 rings (SSSR count). The number of ketones is 1. The molecule has 2 bridgehead atoms. The zero-order valence-corrected chi connectivity index (χ0v) is 14.3. The van der Waals surface area contributed by atoms with E-state index in [0.717, 1.165) is 30.5 Å². The summed E-state index contributed by atoms with van der Waals surface area (Å²) >= 11 is 0. The molecule has 1 heterocycles. The molecule has 0 amide bonds. The van der Waals surface area contributed by atoms with Gasteiger partial charge < -0.3 is 19.5 Å². The number of phenols is 1. The number of benzene rings is 1. The van der Waals surface area contributed by atoms with Gasteiger partial charge in [0, 0.05) is 23.4 Å². The number of hydrogen-bond donors (Lipinski definition) is 1. The van der Waals surface area contributed by atoms with Crippen LogP contribution in [0, 0.1) is 5.92 Å². The Morgan fingerprint density at radius 1 is 1.25 bits per heavy atom. The number of aromatic hydroxyl groups is 1. The van der Waals surface area contributed by atoms with Gasteiger partial charge in [0.15, 0.2) is 23.0 Å². The van der Waals surface area contributed by atoms with Gasteiger partial charge in [0.05, 0.1) is 14.2 Å². The van der Waals surface area contributed by atoms with E-state index in [1.807, 2.05) is 12.1 Å². The number of hydrogen-bond acceptors (Lipinski definition) is 5. The molecule has 0 aromatic heterocycles. The van der Waals surface area contributed by atoms with Crippen LogP contribution < -0.4 is 4.74 Å². The Hall–Kier alpha value is -2.01. The number of nitrogens with zero attached hydrogens (tertiary/aromatic N) is 1. The molecule has 5 nitrogen and oxygen atoms in total. The van der Waals surface area contributed by atoms with Gasteiger partial charge in [-0.05, 0) is 50.1 Å². The van der Waals surface area contributed by atoms with Crippen LogP contribution in [0.4, 0.5) is 0 Å². The second-order valence-electron chi connectivity index (χ2n) is 7.14. The Labute approximate surface area is 141 Å². The van der Waals surface area contributed by atoms with Crippen LogP contribution in [0.3, 0.4) is 0 Å². The first-order chi connectivity index (χ1) is 11.5. The van der Waals surface area contributed by atoms with E-state index in [2.05, 4.69) is 18.0 Å². The molecule has 1 aromatic carbocycles. The van der Waals surface area contributed by atoms with E-state index in [1.165, 1.54) is 0 Å². The molecular weight excluding hydrogens is 306 g/mol. The molecule has 128 valence electrons. The highest BCUT2D eigenvalue weighted by atomic mass is 16.5. The molecule has 0 unspecified atom stereocenters. The van der Waals surface area contributed by atoms with E-state index in [4.69, 9.17) is 9.47 Å². The minimum absolute atomic E-state index is 0.0595. The molecular formula is C19H23NO4. The number of likely N-dealkylation sites (tertiary alicyclic amines) is 1. The average molecular weight is 329 g/mol. The fourth-order valence-corrected chi connectivity index (χ4v) is 5.02. The van der Waals surface area contributed by atoms with Crippen molar-refractivity contribution in [2.75, 3.05) is 27.8 Å². The van der Waals surface area contributed by atoms with Crippen molar-refractivity contribution in [1.82, 2.24) is 4.90 Å². The Bertz CT molecular complexity index is 741. The van der Waals surface area contributed by atoms with Gasteiger partial charge in [-0.3, -0.25) is 4.79 Å². The van der Waals surface area contributed by atoms with Gasteiger partial charge in [-0.25, -0.2) is 0 Å². The van der Waals surface area contributed by atoms with Gasteiger partial charge in [-0.2, -0.15) is 0 Å². The SMILES string of the molecule is COC1=C[C@@]23CCN(C)[C@H](Cc4ccc(OC)c(O)c42)[C@@H]3CC1=O. The maximum absolute atomic E-state index is 12.4. The van der Waals surface area contributed by atoms with Crippen molar-refractivity contribution < 1.29 is 19.4 Å². The van der Waals surface area contributed by atoms with Gasteiger partial charge in [0.2, 0.25) is 0 Å². The van der Waals surface area contributed by atoms with E-state index in [1.54, 1.807) is 14.2 Å². The van der Waals surface area contributed by atoms with Crippen LogP contribution in [-0.2, 0) is 21.4 Å². The summed E-state index contributed by atoms with van der Waals surface area (Å²) in [6.07, 6.45) is 4.14. The molecule has 5 heteroatoms. The van der Waals surface area contributed by atoms with Crippen molar-refractivity contribution in [1.29, 1.82) is 0 Å². The number of piperidine rings is 1. The lowest BCUT2D eigenvalue weighted by Crippen LogP contribution is -2.60. The number of ether oxygens (including phenoxy) is 2. The monoisotopic (exact) mass is 329 g/mol. The van der Waals surface area contributed by atoms with Crippen LogP contribution in [0.5, 0.6) is 11.5 Å². The van der Waals surface area contributed by atoms with E-state index in [-0.39, 0.29) is 22.9 Å². The summed E-state index contributed by atoms with van der Waals surface area (Å²) < 4.78 is 10.7. The van der Waals surface area contributed by atoms with Crippen LogP contribution in [0.2, 0.25) is 0 Å². The van der Waals surface area contributed by atoms with Gasteiger partial charge in [0.25, 0.3) is 0 Å². The Balaban J connectivity index is 2.00. The zero-order chi connectivity index (χ0) is 17.1. The first-order valence-electron chi connectivity index (χ1n) is 8.41. The molecule has 0 saturated carbocycles. The van der Waals surface area contributed by atoms with Crippen LogP contribution >= 0.6 is 0 Å². The summed E-state index contributed by atoms with van der Waals surface area (Å²) in [6.45, 7) is 0.930. The van der Waals surface area contributed by atoms with Crippen molar-refractivity contribution in [3.8, 4) is 11.5 Å². The lowest BCUT2D eigenvalue weighted by molar-refractivity contribution is -0.122. The van der Waals surface area contributed by atoms with E-state index in [0.29, 0.717) is 24.0 Å². The molecule has 2 aliphatic carbocycles. The fraction of sp³-hybridized carbons (Fsp3) is 0.526. The molecule has 24 heavy (non-hydrogen) atoms. The quantitative estimate of drug-likeness (QED) is 0.899. The smallest absolute Gasteiger partial charge is 0.197 e. The van der Waals surface area contributed by atoms with Crippen molar-refractivity contribution >= 4 is 5.78 Å². The van der Waals surface area contributed by atoms with Gasteiger partial charge in [-0.1, -0.05) is 6.07 Å². The predicted octanol–water partition coefficient (Wildman–Crippen LogP) is 2.02. The lowest BCUT2D eigenvalue weighted by atomic mass is 9.54. The molecule has 1 N–H and O–H groups in total. The summed E-state index contributed by atoms with van der Waals surface area (Å²) in [7, 11) is 5.24. The highest BCUT2D eigenvalue weighted by Crippen LogP contribution is 2.57. The summed E-state index contributed by atoms with van der Waals surface area (Å²) in [5.41, 5.74) is 1.71. The Morgan fingerprint density at radius 3 is 2.75 bits per heavy atom. The topological polar surface area (TPSA) is 59.0 Å². The largest absolute Gasteiger partial charge is 0.504 e. The number of methoxy groups -OCH3 is 2. The van der Waals surface area contributed by atoms with Crippen LogP contribution in [0.1, 0.15) is 24.0 Å². The Kier molecular flexibility index (Phi) is 3.39. The number of carbonyl (C=O) groups excluding carboxylic acids is 1. The molecule has 1 aliphatic heterocycles. The minimum atomic E-state index is -0.358. The van der Waals surface area contributed by atoms with E-state index < -0.39 is 0 Å². The van der Waals surface area contributed by atoms with Crippen molar-refractivity contribution in [3.63, 3.8) is 0 Å². The first kappa shape index (κ1) is 15.5. The predicted molar refractivity (Wildman–Crippen MR) is 89.3 cm³/mol. The number of likely N-dealkylation sites (N-methyl/N-ethyl adjacent to an activating group) is 1. The van der Waals surface area contributed by atoms with E-state index >= 15 is 0 Å². The normalized spacial score (nSPS) is 31.8. The summed E-state index contributed by atoms with van der Waals surface area (Å²) in [5.74, 6) is 1.34.